The van der Waals surface area contributed by atoms with Crippen LogP contribution in [0.2, 0.25) is 0 Å². The molecule has 0 saturated carbocycles. The fourth-order valence-corrected chi connectivity index (χ4v) is 3.22. The van der Waals surface area contributed by atoms with Crippen LogP contribution in [-0.2, 0) is 9.53 Å². The topological polar surface area (TPSA) is 76.7 Å². The van der Waals surface area contributed by atoms with Gasteiger partial charge in [0.1, 0.15) is 11.8 Å². The highest BCUT2D eigenvalue weighted by Crippen LogP contribution is 2.20. The Morgan fingerprint density at radius 1 is 1.00 bits per heavy atom. The lowest BCUT2D eigenvalue weighted by atomic mass is 9.96. The van der Waals surface area contributed by atoms with Crippen molar-refractivity contribution >= 4 is 33.5 Å². The Labute approximate surface area is 180 Å². The first kappa shape index (κ1) is 22.7. The number of methoxy groups -OCH3 is 2. The molecule has 2 rings (SSSR count). The quantitative estimate of drug-likeness (QED) is 0.544. The molecule has 0 aromatic heterocycles. The van der Waals surface area contributed by atoms with E-state index in [0.29, 0.717) is 17.7 Å². The van der Waals surface area contributed by atoms with Crippen LogP contribution in [0.4, 0.5) is 5.69 Å². The molecule has 156 valence electrons. The smallest absolute Gasteiger partial charge is 0.330 e. The molecule has 0 aliphatic rings. The van der Waals surface area contributed by atoms with Gasteiger partial charge in [0.25, 0.3) is 5.91 Å². The first-order chi connectivity index (χ1) is 13.8. The summed E-state index contributed by atoms with van der Waals surface area (Å²) < 4.78 is 11.1. The number of rotatable bonds is 9. The first-order valence-electron chi connectivity index (χ1n) is 9.39. The van der Waals surface area contributed by atoms with Crippen LogP contribution in [0.25, 0.3) is 0 Å². The van der Waals surface area contributed by atoms with Crippen LogP contribution in [0.15, 0.2) is 53.0 Å². The Kier molecular flexibility index (Phi) is 8.51. The van der Waals surface area contributed by atoms with Crippen molar-refractivity contribution in [3.05, 3.63) is 58.6 Å². The Balaban J connectivity index is 2.25. The molecule has 2 aromatic rings. The minimum absolute atomic E-state index is 0.242. The lowest BCUT2D eigenvalue weighted by Crippen LogP contribution is -2.51. The number of hydrogen-bond donors (Lipinski definition) is 2. The van der Waals surface area contributed by atoms with Crippen molar-refractivity contribution in [2.75, 3.05) is 19.5 Å². The number of esters is 1. The van der Waals surface area contributed by atoms with E-state index in [9.17, 15) is 9.59 Å². The lowest BCUT2D eigenvalue weighted by molar-refractivity contribution is -0.142. The number of nitrogens with one attached hydrogen (secondary N) is 2. The summed E-state index contributed by atoms with van der Waals surface area (Å²) in [6, 6.07) is 13.1. The zero-order chi connectivity index (χ0) is 21.4. The molecule has 2 aromatic carbocycles. The van der Waals surface area contributed by atoms with Gasteiger partial charge in [0, 0.05) is 15.7 Å². The van der Waals surface area contributed by atoms with E-state index in [-0.39, 0.29) is 11.8 Å². The summed E-state index contributed by atoms with van der Waals surface area (Å²) in [6.07, 6.45) is 0.602. The summed E-state index contributed by atoms with van der Waals surface area (Å²) in [6.45, 7) is 4.08. The molecule has 0 bridgehead atoms. The van der Waals surface area contributed by atoms with E-state index >= 15 is 0 Å². The second-order valence-electron chi connectivity index (χ2n) is 7.09. The van der Waals surface area contributed by atoms with Gasteiger partial charge in [-0.15, -0.1) is 0 Å². The van der Waals surface area contributed by atoms with Crippen molar-refractivity contribution in [1.82, 2.24) is 5.32 Å². The van der Waals surface area contributed by atoms with Crippen molar-refractivity contribution in [2.24, 2.45) is 5.92 Å². The minimum atomic E-state index is -0.741. The third-order valence-electron chi connectivity index (χ3n) is 4.42. The number of benzene rings is 2. The summed E-state index contributed by atoms with van der Waals surface area (Å²) in [5, 5.41) is 6.20. The van der Waals surface area contributed by atoms with Crippen molar-refractivity contribution in [3.63, 3.8) is 0 Å². The summed E-state index contributed by atoms with van der Waals surface area (Å²) in [5.74, 6) is 0.290. The molecule has 0 saturated heterocycles. The second kappa shape index (κ2) is 10.9. The van der Waals surface area contributed by atoms with Crippen LogP contribution in [0, 0.1) is 5.92 Å². The maximum absolute atomic E-state index is 12.8. The predicted octanol–water partition coefficient (Wildman–Crippen LogP) is 4.26. The highest BCUT2D eigenvalue weighted by atomic mass is 79.9. The standard InChI is InChI=1S/C22H27BrN2O4/c1-14(2)13-19(25-21(26)15-5-7-16(23)8-6-15)20(22(27)29-4)24-17-9-11-18(28-3)12-10-17/h5-12,14,19-20,24H,13H2,1-4H3,(H,25,26)/t19-,20+/m0/s1. The number of anilines is 1. The highest BCUT2D eigenvalue weighted by molar-refractivity contribution is 9.10. The molecule has 1 amide bonds. The first-order valence-corrected chi connectivity index (χ1v) is 10.2. The number of hydrogen-bond acceptors (Lipinski definition) is 5. The fourth-order valence-electron chi connectivity index (χ4n) is 2.96. The van der Waals surface area contributed by atoms with Gasteiger partial charge < -0.3 is 20.1 Å². The van der Waals surface area contributed by atoms with E-state index in [1.165, 1.54) is 7.11 Å². The van der Waals surface area contributed by atoms with Crippen molar-refractivity contribution in [3.8, 4) is 5.75 Å². The van der Waals surface area contributed by atoms with Gasteiger partial charge in [-0.05, 0) is 60.9 Å². The van der Waals surface area contributed by atoms with E-state index in [4.69, 9.17) is 9.47 Å². The Morgan fingerprint density at radius 3 is 2.14 bits per heavy atom. The summed E-state index contributed by atoms with van der Waals surface area (Å²) in [7, 11) is 2.93. The molecule has 2 N–H and O–H groups in total. The van der Waals surface area contributed by atoms with Gasteiger partial charge in [-0.2, -0.15) is 0 Å². The summed E-state index contributed by atoms with van der Waals surface area (Å²) in [5.41, 5.74) is 1.25. The van der Waals surface area contributed by atoms with E-state index in [2.05, 4.69) is 26.6 Å². The Morgan fingerprint density at radius 2 is 1.62 bits per heavy atom. The van der Waals surface area contributed by atoms with Crippen LogP contribution >= 0.6 is 15.9 Å². The Bertz CT molecular complexity index is 807. The van der Waals surface area contributed by atoms with Crippen LogP contribution in [0.5, 0.6) is 5.75 Å². The third kappa shape index (κ3) is 6.78. The number of amides is 1. The number of carbonyl (C=O) groups excluding carboxylic acids is 2. The van der Waals surface area contributed by atoms with Crippen LogP contribution in [-0.4, -0.2) is 38.2 Å². The zero-order valence-electron chi connectivity index (χ0n) is 17.1. The molecule has 6 nitrogen and oxygen atoms in total. The molecule has 29 heavy (non-hydrogen) atoms. The van der Waals surface area contributed by atoms with Gasteiger partial charge in [-0.25, -0.2) is 4.79 Å². The maximum atomic E-state index is 12.8. The predicted molar refractivity (Wildman–Crippen MR) is 117 cm³/mol. The largest absolute Gasteiger partial charge is 0.497 e. The van der Waals surface area contributed by atoms with E-state index in [0.717, 1.165) is 10.2 Å². The second-order valence-corrected chi connectivity index (χ2v) is 8.01. The van der Waals surface area contributed by atoms with E-state index in [1.54, 1.807) is 43.5 Å². The molecule has 0 heterocycles. The molecule has 0 fully saturated rings. The molecular weight excluding hydrogens is 436 g/mol. The van der Waals surface area contributed by atoms with Crippen LogP contribution < -0.4 is 15.4 Å². The van der Waals surface area contributed by atoms with Crippen molar-refractivity contribution in [1.29, 1.82) is 0 Å². The van der Waals surface area contributed by atoms with Gasteiger partial charge in [0.15, 0.2) is 0 Å². The van der Waals surface area contributed by atoms with E-state index < -0.39 is 18.1 Å². The highest BCUT2D eigenvalue weighted by Gasteiger charge is 2.31. The van der Waals surface area contributed by atoms with Gasteiger partial charge in [0.2, 0.25) is 0 Å². The maximum Gasteiger partial charge on any atom is 0.330 e. The SMILES string of the molecule is COC(=O)[C@H](Nc1ccc(OC)cc1)[C@H](CC(C)C)NC(=O)c1ccc(Br)cc1. The van der Waals surface area contributed by atoms with Gasteiger partial charge in [-0.3, -0.25) is 4.79 Å². The number of carbonyl (C=O) groups is 2. The summed E-state index contributed by atoms with van der Waals surface area (Å²) >= 11 is 3.37. The molecule has 0 aliphatic heterocycles. The minimum Gasteiger partial charge on any atom is -0.497 e. The van der Waals surface area contributed by atoms with Crippen LogP contribution in [0.1, 0.15) is 30.6 Å². The van der Waals surface area contributed by atoms with Crippen molar-refractivity contribution < 1.29 is 19.1 Å². The van der Waals surface area contributed by atoms with Crippen molar-refractivity contribution in [2.45, 2.75) is 32.4 Å². The molecule has 0 radical (unpaired) electrons. The average molecular weight is 463 g/mol. The van der Waals surface area contributed by atoms with Gasteiger partial charge in [-0.1, -0.05) is 29.8 Å². The van der Waals surface area contributed by atoms with Crippen LogP contribution in [0.3, 0.4) is 0 Å². The molecule has 0 unspecified atom stereocenters. The van der Waals surface area contributed by atoms with E-state index in [1.807, 2.05) is 26.0 Å². The monoisotopic (exact) mass is 462 g/mol. The molecular formula is C22H27BrN2O4. The normalized spacial score (nSPS) is 12.8. The average Bonchev–Trinajstić information content (AvgIpc) is 2.71. The van der Waals surface area contributed by atoms with Gasteiger partial charge >= 0.3 is 5.97 Å². The Hall–Kier alpha value is -2.54. The molecule has 2 atom stereocenters. The van der Waals surface area contributed by atoms with Gasteiger partial charge in [0.05, 0.1) is 20.3 Å². The number of halogens is 1. The lowest BCUT2D eigenvalue weighted by Gasteiger charge is -2.29. The molecule has 7 heteroatoms. The molecule has 0 aliphatic carbocycles. The zero-order valence-corrected chi connectivity index (χ0v) is 18.7. The third-order valence-corrected chi connectivity index (χ3v) is 4.95. The summed E-state index contributed by atoms with van der Waals surface area (Å²) in [4.78, 5) is 25.3. The molecule has 0 spiro atoms. The number of ether oxygens (including phenoxy) is 2. The fraction of sp³-hybridized carbons (Fsp3) is 0.364.